The van der Waals surface area contributed by atoms with E-state index in [0.29, 0.717) is 28.8 Å². The van der Waals surface area contributed by atoms with E-state index >= 15 is 0 Å². The summed E-state index contributed by atoms with van der Waals surface area (Å²) in [5, 5.41) is 4.04. The SMILES string of the molecule is Cc1ccc(-c2nc(C3(N)CCCC(C)C3)no2)cc1F. The molecule has 2 N–H and O–H groups in total. The summed E-state index contributed by atoms with van der Waals surface area (Å²) in [4.78, 5) is 4.41. The Kier molecular flexibility index (Phi) is 3.53. The van der Waals surface area contributed by atoms with Crippen LogP contribution in [0, 0.1) is 18.7 Å². The number of hydrogen-bond donors (Lipinski definition) is 1. The molecule has 1 fully saturated rings. The molecule has 4 nitrogen and oxygen atoms in total. The quantitative estimate of drug-likeness (QED) is 0.918. The zero-order valence-corrected chi connectivity index (χ0v) is 12.4. The maximum Gasteiger partial charge on any atom is 0.258 e. The van der Waals surface area contributed by atoms with Gasteiger partial charge in [-0.1, -0.05) is 31.0 Å². The third-order valence-corrected chi connectivity index (χ3v) is 4.32. The van der Waals surface area contributed by atoms with Gasteiger partial charge in [-0.25, -0.2) is 4.39 Å². The summed E-state index contributed by atoms with van der Waals surface area (Å²) in [7, 11) is 0. The van der Waals surface area contributed by atoms with Crippen LogP contribution < -0.4 is 5.73 Å². The van der Waals surface area contributed by atoms with Crippen LogP contribution >= 0.6 is 0 Å². The van der Waals surface area contributed by atoms with E-state index in [1.54, 1.807) is 19.1 Å². The number of aryl methyl sites for hydroxylation is 1. The predicted molar refractivity (Wildman–Crippen MR) is 77.9 cm³/mol. The zero-order valence-electron chi connectivity index (χ0n) is 12.4. The standard InChI is InChI=1S/C16H20FN3O/c1-10-4-3-7-16(18,9-10)15-19-14(21-20-15)12-6-5-11(2)13(17)8-12/h5-6,8,10H,3-4,7,9,18H2,1-2H3. The first-order valence-corrected chi connectivity index (χ1v) is 7.37. The molecule has 0 saturated heterocycles. The molecule has 1 aromatic heterocycles. The highest BCUT2D eigenvalue weighted by atomic mass is 19.1. The summed E-state index contributed by atoms with van der Waals surface area (Å²) >= 11 is 0. The van der Waals surface area contributed by atoms with Gasteiger partial charge in [-0.2, -0.15) is 4.98 Å². The molecule has 21 heavy (non-hydrogen) atoms. The summed E-state index contributed by atoms with van der Waals surface area (Å²) in [6.07, 6.45) is 3.97. The molecule has 1 aliphatic carbocycles. The normalized spacial score (nSPS) is 26.0. The maximum atomic E-state index is 13.6. The van der Waals surface area contributed by atoms with Gasteiger partial charge in [0.25, 0.3) is 5.89 Å². The third kappa shape index (κ3) is 2.70. The molecule has 0 aliphatic heterocycles. The van der Waals surface area contributed by atoms with Gasteiger partial charge < -0.3 is 10.3 Å². The molecular formula is C16H20FN3O. The highest BCUT2D eigenvalue weighted by Gasteiger charge is 2.37. The van der Waals surface area contributed by atoms with Gasteiger partial charge in [-0.15, -0.1) is 0 Å². The number of hydrogen-bond acceptors (Lipinski definition) is 4. The first-order valence-electron chi connectivity index (χ1n) is 7.37. The number of nitrogens with two attached hydrogens (primary N) is 1. The Labute approximate surface area is 123 Å². The summed E-state index contributed by atoms with van der Waals surface area (Å²) in [6.45, 7) is 3.91. The largest absolute Gasteiger partial charge is 0.334 e. The van der Waals surface area contributed by atoms with Gasteiger partial charge in [0, 0.05) is 5.56 Å². The Hall–Kier alpha value is -1.75. The fourth-order valence-electron chi connectivity index (χ4n) is 3.06. The van der Waals surface area contributed by atoms with Crippen molar-refractivity contribution in [1.82, 2.24) is 10.1 Å². The molecule has 3 rings (SSSR count). The average Bonchev–Trinajstić information content (AvgIpc) is 2.92. The Morgan fingerprint density at radius 2 is 2.24 bits per heavy atom. The van der Waals surface area contributed by atoms with Gasteiger partial charge in [0.2, 0.25) is 0 Å². The molecule has 5 heteroatoms. The lowest BCUT2D eigenvalue weighted by Crippen LogP contribution is -2.42. The van der Waals surface area contributed by atoms with Crippen LogP contribution in [0.1, 0.15) is 44.0 Å². The molecule has 1 aromatic carbocycles. The fourth-order valence-corrected chi connectivity index (χ4v) is 3.06. The summed E-state index contributed by atoms with van der Waals surface area (Å²) in [5.74, 6) is 1.14. The molecular weight excluding hydrogens is 269 g/mol. The van der Waals surface area contributed by atoms with E-state index in [0.717, 1.165) is 19.3 Å². The number of halogens is 1. The van der Waals surface area contributed by atoms with Crippen molar-refractivity contribution in [3.05, 3.63) is 35.4 Å². The maximum absolute atomic E-state index is 13.6. The molecule has 2 aromatic rings. The van der Waals surface area contributed by atoms with E-state index in [2.05, 4.69) is 17.1 Å². The van der Waals surface area contributed by atoms with Gasteiger partial charge in [0.1, 0.15) is 5.82 Å². The molecule has 1 heterocycles. The Balaban J connectivity index is 1.90. The van der Waals surface area contributed by atoms with E-state index < -0.39 is 5.54 Å². The summed E-state index contributed by atoms with van der Waals surface area (Å²) in [6, 6.07) is 4.90. The van der Waals surface area contributed by atoms with Crippen LogP contribution in [-0.4, -0.2) is 10.1 Å². The predicted octanol–water partition coefficient (Wildman–Crippen LogP) is 3.55. The molecule has 1 saturated carbocycles. The van der Waals surface area contributed by atoms with Gasteiger partial charge >= 0.3 is 0 Å². The molecule has 112 valence electrons. The van der Waals surface area contributed by atoms with E-state index in [1.165, 1.54) is 12.5 Å². The molecule has 0 amide bonds. The van der Waals surface area contributed by atoms with Crippen LogP contribution in [0.2, 0.25) is 0 Å². The zero-order chi connectivity index (χ0) is 15.0. The Morgan fingerprint density at radius 3 is 2.95 bits per heavy atom. The third-order valence-electron chi connectivity index (χ3n) is 4.32. The van der Waals surface area contributed by atoms with Crippen molar-refractivity contribution in [2.24, 2.45) is 11.7 Å². The minimum absolute atomic E-state index is 0.277. The molecule has 0 bridgehead atoms. The van der Waals surface area contributed by atoms with Crippen LogP contribution in [0.5, 0.6) is 0 Å². The van der Waals surface area contributed by atoms with E-state index in [1.807, 2.05) is 0 Å². The molecule has 2 atom stereocenters. The Bertz CT molecular complexity index is 655. The number of rotatable bonds is 2. The highest BCUT2D eigenvalue weighted by Crippen LogP contribution is 2.37. The molecule has 2 unspecified atom stereocenters. The van der Waals surface area contributed by atoms with Gasteiger partial charge in [-0.3, -0.25) is 0 Å². The van der Waals surface area contributed by atoms with Crippen LogP contribution in [0.4, 0.5) is 4.39 Å². The number of benzene rings is 1. The number of nitrogens with zero attached hydrogens (tertiary/aromatic N) is 2. The van der Waals surface area contributed by atoms with Crippen molar-refractivity contribution in [2.45, 2.75) is 45.1 Å². The fraction of sp³-hybridized carbons (Fsp3) is 0.500. The van der Waals surface area contributed by atoms with Crippen molar-refractivity contribution >= 4 is 0 Å². The van der Waals surface area contributed by atoms with E-state index in [-0.39, 0.29) is 5.82 Å². The van der Waals surface area contributed by atoms with Crippen molar-refractivity contribution < 1.29 is 8.91 Å². The first-order chi connectivity index (χ1) is 9.98. The lowest BCUT2D eigenvalue weighted by atomic mass is 9.76. The van der Waals surface area contributed by atoms with E-state index in [9.17, 15) is 4.39 Å². The summed E-state index contributed by atoms with van der Waals surface area (Å²) in [5.41, 5.74) is 7.11. The van der Waals surface area contributed by atoms with Crippen molar-refractivity contribution in [3.8, 4) is 11.5 Å². The lowest BCUT2D eigenvalue weighted by Gasteiger charge is -2.33. The topological polar surface area (TPSA) is 64.9 Å². The highest BCUT2D eigenvalue weighted by molar-refractivity contribution is 5.53. The smallest absolute Gasteiger partial charge is 0.258 e. The minimum Gasteiger partial charge on any atom is -0.334 e. The summed E-state index contributed by atoms with van der Waals surface area (Å²) < 4.78 is 18.9. The van der Waals surface area contributed by atoms with Crippen LogP contribution in [0.3, 0.4) is 0 Å². The van der Waals surface area contributed by atoms with Crippen molar-refractivity contribution in [3.63, 3.8) is 0 Å². The second kappa shape index (κ2) is 5.22. The molecule has 0 radical (unpaired) electrons. The lowest BCUT2D eigenvalue weighted by molar-refractivity contribution is 0.222. The van der Waals surface area contributed by atoms with Crippen LogP contribution in [0.15, 0.2) is 22.7 Å². The van der Waals surface area contributed by atoms with Gasteiger partial charge in [0.15, 0.2) is 5.82 Å². The number of aromatic nitrogens is 2. The van der Waals surface area contributed by atoms with Gasteiger partial charge in [0.05, 0.1) is 5.54 Å². The van der Waals surface area contributed by atoms with Crippen LogP contribution in [-0.2, 0) is 5.54 Å². The molecule has 1 aliphatic rings. The van der Waals surface area contributed by atoms with Gasteiger partial charge in [-0.05, 0) is 43.4 Å². The van der Waals surface area contributed by atoms with Crippen molar-refractivity contribution in [2.75, 3.05) is 0 Å². The average molecular weight is 289 g/mol. The van der Waals surface area contributed by atoms with Crippen LogP contribution in [0.25, 0.3) is 11.5 Å². The van der Waals surface area contributed by atoms with Crippen molar-refractivity contribution in [1.29, 1.82) is 0 Å². The Morgan fingerprint density at radius 1 is 1.43 bits per heavy atom. The first kappa shape index (κ1) is 14.2. The minimum atomic E-state index is -0.525. The van der Waals surface area contributed by atoms with E-state index in [4.69, 9.17) is 10.3 Å². The second-order valence-corrected chi connectivity index (χ2v) is 6.24. The molecule has 0 spiro atoms. The monoisotopic (exact) mass is 289 g/mol. The second-order valence-electron chi connectivity index (χ2n) is 6.24.